The fourth-order valence-corrected chi connectivity index (χ4v) is 3.79. The van der Waals surface area contributed by atoms with Crippen LogP contribution in [0.15, 0.2) is 71.5 Å². The minimum absolute atomic E-state index is 0.0293. The summed E-state index contributed by atoms with van der Waals surface area (Å²) in [6.45, 7) is 0.506. The summed E-state index contributed by atoms with van der Waals surface area (Å²) < 4.78 is 12.1. The molecular formula is C21H16O3S. The second-order valence-electron chi connectivity index (χ2n) is 5.73. The van der Waals surface area contributed by atoms with Crippen molar-refractivity contribution < 1.29 is 9.47 Å². The van der Waals surface area contributed by atoms with Crippen LogP contribution in [-0.2, 0) is 6.61 Å². The molecule has 4 rings (SSSR count). The van der Waals surface area contributed by atoms with E-state index < -0.39 is 0 Å². The molecule has 0 saturated carbocycles. The molecular weight excluding hydrogens is 332 g/mol. The molecule has 0 aliphatic heterocycles. The van der Waals surface area contributed by atoms with Crippen molar-refractivity contribution in [3.8, 4) is 11.5 Å². The van der Waals surface area contributed by atoms with Crippen molar-refractivity contribution in [1.29, 1.82) is 0 Å². The Morgan fingerprint density at radius 2 is 1.60 bits per heavy atom. The van der Waals surface area contributed by atoms with Crippen LogP contribution in [0.2, 0.25) is 0 Å². The number of hydrogen-bond donors (Lipinski definition) is 0. The molecule has 3 nitrogen and oxygen atoms in total. The first-order chi connectivity index (χ1) is 12.2. The van der Waals surface area contributed by atoms with Gasteiger partial charge in [-0.1, -0.05) is 41.7 Å². The van der Waals surface area contributed by atoms with Crippen molar-refractivity contribution in [3.05, 3.63) is 81.8 Å². The van der Waals surface area contributed by atoms with Crippen LogP contribution in [0.4, 0.5) is 0 Å². The smallest absolute Gasteiger partial charge is 0.240 e. The third kappa shape index (κ3) is 3.08. The van der Waals surface area contributed by atoms with Crippen molar-refractivity contribution in [3.63, 3.8) is 0 Å². The fraction of sp³-hybridized carbons (Fsp3) is 0.0952. The normalized spacial score (nSPS) is 10.9. The zero-order valence-electron chi connectivity index (χ0n) is 13.7. The van der Waals surface area contributed by atoms with E-state index in [2.05, 4.69) is 0 Å². The van der Waals surface area contributed by atoms with Gasteiger partial charge in [0.1, 0.15) is 18.1 Å². The second-order valence-corrected chi connectivity index (χ2v) is 6.75. The molecule has 4 heteroatoms. The number of methoxy groups -OCH3 is 1. The van der Waals surface area contributed by atoms with E-state index in [-0.39, 0.29) is 4.74 Å². The van der Waals surface area contributed by atoms with Gasteiger partial charge in [-0.15, -0.1) is 0 Å². The topological polar surface area (TPSA) is 35.5 Å². The highest BCUT2D eigenvalue weighted by Gasteiger charge is 2.08. The van der Waals surface area contributed by atoms with Crippen molar-refractivity contribution in [2.45, 2.75) is 6.61 Å². The quantitative estimate of drug-likeness (QED) is 0.487. The van der Waals surface area contributed by atoms with Gasteiger partial charge in [-0.25, -0.2) is 0 Å². The first-order valence-corrected chi connectivity index (χ1v) is 8.77. The van der Waals surface area contributed by atoms with Gasteiger partial charge in [-0.05, 0) is 47.3 Å². The predicted octanol–water partition coefficient (Wildman–Crippen LogP) is 5.00. The highest BCUT2D eigenvalue weighted by atomic mass is 32.1. The summed E-state index contributed by atoms with van der Waals surface area (Å²) in [4.78, 5) is 12.5. The summed E-state index contributed by atoms with van der Waals surface area (Å²) in [5.41, 5.74) is 1.11. The summed E-state index contributed by atoms with van der Waals surface area (Å²) in [7, 11) is 1.60. The van der Waals surface area contributed by atoms with Crippen LogP contribution >= 0.6 is 11.3 Å². The third-order valence-electron chi connectivity index (χ3n) is 4.14. The highest BCUT2D eigenvalue weighted by Crippen LogP contribution is 2.30. The zero-order valence-corrected chi connectivity index (χ0v) is 14.5. The number of ether oxygens (including phenoxy) is 2. The number of benzene rings is 3. The molecule has 0 bridgehead atoms. The molecule has 0 aliphatic rings. The molecule has 0 N–H and O–H groups in total. The summed E-state index contributed by atoms with van der Waals surface area (Å²) >= 11 is 1.24. The van der Waals surface area contributed by atoms with Crippen LogP contribution in [0.1, 0.15) is 5.56 Å². The van der Waals surface area contributed by atoms with Gasteiger partial charge >= 0.3 is 0 Å². The molecule has 0 spiro atoms. The lowest BCUT2D eigenvalue weighted by Gasteiger charge is -2.09. The van der Waals surface area contributed by atoms with Crippen LogP contribution in [0.3, 0.4) is 0 Å². The van der Waals surface area contributed by atoms with Crippen molar-refractivity contribution >= 4 is 32.2 Å². The van der Waals surface area contributed by atoms with Crippen LogP contribution in [-0.4, -0.2) is 7.11 Å². The molecule has 1 heterocycles. The van der Waals surface area contributed by atoms with Gasteiger partial charge in [-0.3, -0.25) is 4.79 Å². The van der Waals surface area contributed by atoms with Crippen molar-refractivity contribution in [2.75, 3.05) is 7.11 Å². The summed E-state index contributed by atoms with van der Waals surface area (Å²) in [5, 5.41) is 2.68. The van der Waals surface area contributed by atoms with Crippen LogP contribution in [0, 0.1) is 0 Å². The molecule has 0 amide bonds. The van der Waals surface area contributed by atoms with Gasteiger partial charge in [0.15, 0.2) is 0 Å². The van der Waals surface area contributed by atoms with Gasteiger partial charge in [0.25, 0.3) is 0 Å². The van der Waals surface area contributed by atoms with Crippen LogP contribution in [0.25, 0.3) is 20.9 Å². The molecule has 25 heavy (non-hydrogen) atoms. The van der Waals surface area contributed by atoms with Gasteiger partial charge in [0, 0.05) is 15.5 Å². The Morgan fingerprint density at radius 1 is 0.840 bits per heavy atom. The van der Waals surface area contributed by atoms with E-state index in [9.17, 15) is 4.79 Å². The lowest BCUT2D eigenvalue weighted by molar-refractivity contribution is 0.306. The predicted molar refractivity (Wildman–Crippen MR) is 103 cm³/mol. The van der Waals surface area contributed by atoms with E-state index in [1.807, 2.05) is 60.7 Å². The lowest BCUT2D eigenvalue weighted by Crippen LogP contribution is -1.98. The first kappa shape index (κ1) is 15.7. The third-order valence-corrected chi connectivity index (χ3v) is 5.10. The molecule has 3 aromatic carbocycles. The molecule has 0 aliphatic carbocycles. The van der Waals surface area contributed by atoms with E-state index in [4.69, 9.17) is 9.47 Å². The Balaban J connectivity index is 1.73. The van der Waals surface area contributed by atoms with E-state index in [1.165, 1.54) is 11.3 Å². The first-order valence-electron chi connectivity index (χ1n) is 7.96. The van der Waals surface area contributed by atoms with E-state index in [0.29, 0.717) is 17.7 Å². The SMILES string of the molecule is COc1ccc2c(c1)c(=O)sc1cc(OCc3ccccc3)ccc12. The lowest BCUT2D eigenvalue weighted by atomic mass is 10.1. The van der Waals surface area contributed by atoms with Crippen LogP contribution < -0.4 is 14.2 Å². The average Bonchev–Trinajstić information content (AvgIpc) is 2.67. The van der Waals surface area contributed by atoms with Gasteiger partial charge in [0.05, 0.1) is 7.11 Å². The molecule has 0 atom stereocenters. The summed E-state index contributed by atoms with van der Waals surface area (Å²) in [5.74, 6) is 1.46. The zero-order chi connectivity index (χ0) is 17.2. The van der Waals surface area contributed by atoms with Gasteiger partial charge in [-0.2, -0.15) is 0 Å². The Kier molecular flexibility index (Phi) is 4.12. The average molecular weight is 348 g/mol. The minimum atomic E-state index is 0.0293. The molecule has 4 aromatic rings. The summed E-state index contributed by atoms with van der Waals surface area (Å²) in [6, 6.07) is 21.5. The number of fused-ring (bicyclic) bond motifs is 3. The molecule has 0 radical (unpaired) electrons. The monoisotopic (exact) mass is 348 g/mol. The Bertz CT molecular complexity index is 1100. The Morgan fingerprint density at radius 3 is 2.40 bits per heavy atom. The number of rotatable bonds is 4. The standard InChI is InChI=1S/C21H16O3S/c1-23-15-7-9-17-18-10-8-16(24-13-14-5-3-2-4-6-14)12-20(18)25-21(22)19(17)11-15/h2-12H,13H2,1H3. The Hall–Kier alpha value is -2.85. The Labute approximate surface area is 149 Å². The molecule has 0 unspecified atom stereocenters. The van der Waals surface area contributed by atoms with Gasteiger partial charge in [0.2, 0.25) is 4.74 Å². The molecule has 0 fully saturated rings. The van der Waals surface area contributed by atoms with E-state index >= 15 is 0 Å². The highest BCUT2D eigenvalue weighted by molar-refractivity contribution is 7.17. The minimum Gasteiger partial charge on any atom is -0.497 e. The van der Waals surface area contributed by atoms with Crippen LogP contribution in [0.5, 0.6) is 11.5 Å². The number of hydrogen-bond acceptors (Lipinski definition) is 4. The van der Waals surface area contributed by atoms with Crippen molar-refractivity contribution in [2.24, 2.45) is 0 Å². The van der Waals surface area contributed by atoms with E-state index in [1.54, 1.807) is 13.2 Å². The van der Waals surface area contributed by atoms with Crippen molar-refractivity contribution in [1.82, 2.24) is 0 Å². The molecule has 0 saturated heterocycles. The van der Waals surface area contributed by atoms with Gasteiger partial charge < -0.3 is 9.47 Å². The fourth-order valence-electron chi connectivity index (χ4n) is 2.85. The van der Waals surface area contributed by atoms with E-state index in [0.717, 1.165) is 26.8 Å². The maximum absolute atomic E-state index is 12.5. The summed E-state index contributed by atoms with van der Waals surface area (Å²) in [6.07, 6.45) is 0. The maximum atomic E-state index is 12.5. The second kappa shape index (κ2) is 6.57. The largest absolute Gasteiger partial charge is 0.497 e. The molecule has 124 valence electrons. The molecule has 1 aromatic heterocycles. The maximum Gasteiger partial charge on any atom is 0.240 e.